The van der Waals surface area contributed by atoms with Gasteiger partial charge in [0.15, 0.2) is 0 Å². The van der Waals surface area contributed by atoms with Gasteiger partial charge < -0.3 is 0 Å². The Bertz CT molecular complexity index is 857. The fourth-order valence-electron chi connectivity index (χ4n) is 6.03. The molecule has 2 aromatic carbocycles. The molecule has 0 unspecified atom stereocenters. The van der Waals surface area contributed by atoms with E-state index in [1.165, 1.54) is 108 Å². The van der Waals surface area contributed by atoms with Crippen LogP contribution in [0.3, 0.4) is 0 Å². The molecule has 2 aromatic rings. The Kier molecular flexibility index (Phi) is 11.0. The number of hydrogen-bond donors (Lipinski definition) is 0. The third kappa shape index (κ3) is 6.97. The molecule has 0 aromatic heterocycles. The van der Waals surface area contributed by atoms with Crippen LogP contribution in [0.2, 0.25) is 0 Å². The number of rotatable bonds is 16. The lowest BCUT2D eigenvalue weighted by Gasteiger charge is -2.21. The summed E-state index contributed by atoms with van der Waals surface area (Å²) in [5.74, 6) is 0. The SMILES string of the molecule is CCCCCCCCCc1c(C)c(C)c2c(c1CCCCCCCCC)Cc1ccccc1-2. The van der Waals surface area contributed by atoms with E-state index in [1.807, 2.05) is 0 Å². The molecule has 0 atom stereocenters. The van der Waals surface area contributed by atoms with Gasteiger partial charge >= 0.3 is 0 Å². The van der Waals surface area contributed by atoms with Crippen LogP contribution in [0.15, 0.2) is 24.3 Å². The second kappa shape index (κ2) is 14.0. The van der Waals surface area contributed by atoms with Gasteiger partial charge in [0.05, 0.1) is 0 Å². The highest BCUT2D eigenvalue weighted by molar-refractivity contribution is 5.82. The molecule has 0 heterocycles. The van der Waals surface area contributed by atoms with Gasteiger partial charge in [-0.15, -0.1) is 0 Å². The molecule has 0 saturated heterocycles. The Labute approximate surface area is 205 Å². The normalized spacial score (nSPS) is 12.2. The molecule has 0 saturated carbocycles. The average molecular weight is 447 g/mol. The van der Waals surface area contributed by atoms with Crippen LogP contribution in [0.1, 0.15) is 137 Å². The Morgan fingerprint density at radius 3 is 1.70 bits per heavy atom. The zero-order valence-electron chi connectivity index (χ0n) is 22.3. The van der Waals surface area contributed by atoms with Crippen LogP contribution in [-0.2, 0) is 19.3 Å². The largest absolute Gasteiger partial charge is 0.0654 e. The van der Waals surface area contributed by atoms with E-state index in [0.717, 1.165) is 6.42 Å². The summed E-state index contributed by atoms with van der Waals surface area (Å²) in [5, 5.41) is 0. The third-order valence-electron chi connectivity index (χ3n) is 8.14. The van der Waals surface area contributed by atoms with Crippen molar-refractivity contribution in [3.8, 4) is 11.1 Å². The monoisotopic (exact) mass is 446 g/mol. The first-order valence-corrected chi connectivity index (χ1v) is 14.4. The first kappa shape index (κ1) is 26.1. The molecule has 0 bridgehead atoms. The molecule has 0 aliphatic heterocycles. The molecule has 33 heavy (non-hydrogen) atoms. The summed E-state index contributed by atoms with van der Waals surface area (Å²) >= 11 is 0. The van der Waals surface area contributed by atoms with Gasteiger partial charge in [0.2, 0.25) is 0 Å². The van der Waals surface area contributed by atoms with E-state index in [-0.39, 0.29) is 0 Å². The number of fused-ring (bicyclic) bond motifs is 3. The van der Waals surface area contributed by atoms with Gasteiger partial charge in [-0.1, -0.05) is 115 Å². The van der Waals surface area contributed by atoms with E-state index in [4.69, 9.17) is 0 Å². The van der Waals surface area contributed by atoms with E-state index in [1.54, 1.807) is 38.9 Å². The highest BCUT2D eigenvalue weighted by Crippen LogP contribution is 2.44. The topological polar surface area (TPSA) is 0 Å². The maximum Gasteiger partial charge on any atom is -0.00105 e. The second-order valence-corrected chi connectivity index (χ2v) is 10.6. The zero-order chi connectivity index (χ0) is 23.5. The predicted octanol–water partition coefficient (Wildman–Crippen LogP) is 10.5. The lowest BCUT2D eigenvalue weighted by Crippen LogP contribution is -2.06. The fourth-order valence-corrected chi connectivity index (χ4v) is 6.03. The van der Waals surface area contributed by atoms with Gasteiger partial charge in [-0.05, 0) is 90.5 Å². The average Bonchev–Trinajstić information content (AvgIpc) is 3.21. The van der Waals surface area contributed by atoms with Crippen molar-refractivity contribution in [3.05, 3.63) is 57.6 Å². The van der Waals surface area contributed by atoms with Crippen LogP contribution in [0.25, 0.3) is 11.1 Å². The van der Waals surface area contributed by atoms with Gasteiger partial charge in [-0.25, -0.2) is 0 Å². The van der Waals surface area contributed by atoms with Crippen LogP contribution >= 0.6 is 0 Å². The van der Waals surface area contributed by atoms with Gasteiger partial charge in [-0.3, -0.25) is 0 Å². The Morgan fingerprint density at radius 2 is 1.09 bits per heavy atom. The van der Waals surface area contributed by atoms with Crippen molar-refractivity contribution in [1.29, 1.82) is 0 Å². The Balaban J connectivity index is 1.72. The summed E-state index contributed by atoms with van der Waals surface area (Å²) < 4.78 is 0. The van der Waals surface area contributed by atoms with Crippen molar-refractivity contribution in [2.24, 2.45) is 0 Å². The number of hydrogen-bond acceptors (Lipinski definition) is 0. The molecule has 0 radical (unpaired) electrons. The molecule has 0 fully saturated rings. The summed E-state index contributed by atoms with van der Waals surface area (Å²) in [4.78, 5) is 0. The Morgan fingerprint density at radius 1 is 0.576 bits per heavy atom. The Hall–Kier alpha value is -1.56. The van der Waals surface area contributed by atoms with Crippen LogP contribution in [0, 0.1) is 13.8 Å². The lowest BCUT2D eigenvalue weighted by atomic mass is 9.83. The maximum atomic E-state index is 2.42. The van der Waals surface area contributed by atoms with Crippen molar-refractivity contribution in [2.45, 2.75) is 137 Å². The minimum absolute atomic E-state index is 1.16. The molecule has 3 rings (SSSR count). The lowest BCUT2D eigenvalue weighted by molar-refractivity contribution is 0.582. The molecule has 0 N–H and O–H groups in total. The number of unbranched alkanes of at least 4 members (excludes halogenated alkanes) is 12. The second-order valence-electron chi connectivity index (χ2n) is 10.6. The quantitative estimate of drug-likeness (QED) is 0.192. The van der Waals surface area contributed by atoms with Crippen molar-refractivity contribution < 1.29 is 0 Å². The summed E-state index contributed by atoms with van der Waals surface area (Å²) in [7, 11) is 0. The van der Waals surface area contributed by atoms with Crippen LogP contribution in [0.5, 0.6) is 0 Å². The minimum atomic E-state index is 1.16. The summed E-state index contributed by atoms with van der Waals surface area (Å²) in [5.41, 5.74) is 12.9. The first-order chi connectivity index (χ1) is 16.2. The highest BCUT2D eigenvalue weighted by Gasteiger charge is 2.26. The van der Waals surface area contributed by atoms with Crippen LogP contribution in [-0.4, -0.2) is 0 Å². The van der Waals surface area contributed by atoms with Crippen molar-refractivity contribution in [2.75, 3.05) is 0 Å². The summed E-state index contributed by atoms with van der Waals surface area (Å²) in [6, 6.07) is 9.17. The van der Waals surface area contributed by atoms with E-state index in [2.05, 4.69) is 52.0 Å². The zero-order valence-corrected chi connectivity index (χ0v) is 22.3. The summed E-state index contributed by atoms with van der Waals surface area (Å²) in [6.07, 6.45) is 23.3. The van der Waals surface area contributed by atoms with Crippen LogP contribution < -0.4 is 0 Å². The minimum Gasteiger partial charge on any atom is -0.0654 e. The molecule has 0 heteroatoms. The predicted molar refractivity (Wildman–Crippen MR) is 148 cm³/mol. The first-order valence-electron chi connectivity index (χ1n) is 14.4. The van der Waals surface area contributed by atoms with E-state index in [9.17, 15) is 0 Å². The van der Waals surface area contributed by atoms with Crippen molar-refractivity contribution in [3.63, 3.8) is 0 Å². The van der Waals surface area contributed by atoms with Crippen molar-refractivity contribution >= 4 is 0 Å². The molecule has 0 spiro atoms. The molecular formula is C33H50. The molecule has 0 nitrogen and oxygen atoms in total. The van der Waals surface area contributed by atoms with Crippen molar-refractivity contribution in [1.82, 2.24) is 0 Å². The standard InChI is InChI=1S/C33H50/c1-5-7-9-11-13-15-17-22-29-26(3)27(4)33-30-23-20-19-21-28(30)25-32(33)31(29)24-18-16-14-12-10-8-6-2/h19-21,23H,5-18,22,24-25H2,1-4H3. The smallest absolute Gasteiger partial charge is 0.00105 e. The highest BCUT2D eigenvalue weighted by atomic mass is 14.3. The molecular weight excluding hydrogens is 396 g/mol. The summed E-state index contributed by atoms with van der Waals surface area (Å²) in [6.45, 7) is 9.43. The van der Waals surface area contributed by atoms with E-state index >= 15 is 0 Å². The van der Waals surface area contributed by atoms with Gasteiger partial charge in [0.25, 0.3) is 0 Å². The third-order valence-corrected chi connectivity index (χ3v) is 8.14. The van der Waals surface area contributed by atoms with E-state index in [0.29, 0.717) is 0 Å². The fraction of sp³-hybridized carbons (Fsp3) is 0.636. The molecule has 0 amide bonds. The van der Waals surface area contributed by atoms with Gasteiger partial charge in [-0.2, -0.15) is 0 Å². The maximum absolute atomic E-state index is 2.42. The molecule has 1 aliphatic carbocycles. The molecule has 182 valence electrons. The van der Waals surface area contributed by atoms with Crippen LogP contribution in [0.4, 0.5) is 0 Å². The van der Waals surface area contributed by atoms with Gasteiger partial charge in [0, 0.05) is 0 Å². The molecule has 1 aliphatic rings. The number of benzene rings is 2. The van der Waals surface area contributed by atoms with E-state index < -0.39 is 0 Å². The van der Waals surface area contributed by atoms with Gasteiger partial charge in [0.1, 0.15) is 0 Å².